The number of thioether (sulfide) groups is 1. The monoisotopic (exact) mass is 219 g/mol. The molecular formula is C10H21NS2. The Kier molecular flexibility index (Phi) is 5.60. The van der Waals surface area contributed by atoms with Crippen LogP contribution in [0.5, 0.6) is 0 Å². The van der Waals surface area contributed by atoms with E-state index in [9.17, 15) is 0 Å². The quantitative estimate of drug-likeness (QED) is 0.707. The van der Waals surface area contributed by atoms with Gasteiger partial charge in [-0.25, -0.2) is 0 Å². The van der Waals surface area contributed by atoms with Crippen molar-refractivity contribution < 1.29 is 0 Å². The van der Waals surface area contributed by atoms with Crippen LogP contribution in [0.1, 0.15) is 19.8 Å². The fourth-order valence-electron chi connectivity index (χ4n) is 1.74. The van der Waals surface area contributed by atoms with Crippen LogP contribution < -0.4 is 0 Å². The lowest BCUT2D eigenvalue weighted by atomic mass is 10.1. The molecule has 0 bridgehead atoms. The maximum Gasteiger partial charge on any atom is 0.0191 e. The topological polar surface area (TPSA) is 3.24 Å². The highest BCUT2D eigenvalue weighted by atomic mass is 32.2. The summed E-state index contributed by atoms with van der Waals surface area (Å²) in [6, 6.07) is 0.832. The predicted molar refractivity (Wildman–Crippen MR) is 66.0 cm³/mol. The second kappa shape index (κ2) is 6.20. The van der Waals surface area contributed by atoms with Crippen molar-refractivity contribution in [3.05, 3.63) is 0 Å². The molecule has 1 nitrogen and oxygen atoms in total. The highest BCUT2D eigenvalue weighted by Crippen LogP contribution is 2.22. The van der Waals surface area contributed by atoms with Crippen LogP contribution in [0, 0.1) is 5.92 Å². The summed E-state index contributed by atoms with van der Waals surface area (Å²) in [7, 11) is 2.27. The van der Waals surface area contributed by atoms with Gasteiger partial charge in [0.05, 0.1) is 0 Å². The third kappa shape index (κ3) is 3.72. The largest absolute Gasteiger partial charge is 0.302 e. The van der Waals surface area contributed by atoms with Gasteiger partial charge in [0.2, 0.25) is 0 Å². The lowest BCUT2D eigenvalue weighted by Gasteiger charge is -2.27. The van der Waals surface area contributed by atoms with E-state index < -0.39 is 0 Å². The Morgan fingerprint density at radius 3 is 2.85 bits per heavy atom. The van der Waals surface area contributed by atoms with Crippen LogP contribution in [0.25, 0.3) is 0 Å². The highest BCUT2D eigenvalue weighted by Gasteiger charge is 2.21. The molecular weight excluding hydrogens is 198 g/mol. The summed E-state index contributed by atoms with van der Waals surface area (Å²) in [6.07, 6.45) is 2.64. The first kappa shape index (κ1) is 11.7. The number of rotatable bonds is 5. The second-order valence-corrected chi connectivity index (χ2v) is 5.43. The van der Waals surface area contributed by atoms with E-state index in [2.05, 4.69) is 43.3 Å². The van der Waals surface area contributed by atoms with Gasteiger partial charge in [-0.3, -0.25) is 0 Å². The standard InChI is InChI=1S/C10H21NS2/c1-3-9(7-12)6-11(2)10-4-5-13-8-10/h9-10,12H,3-8H2,1-2H3. The first-order valence-electron chi connectivity index (χ1n) is 5.16. The molecule has 3 heteroatoms. The summed E-state index contributed by atoms with van der Waals surface area (Å²) in [4.78, 5) is 2.53. The van der Waals surface area contributed by atoms with E-state index in [0.717, 1.165) is 17.7 Å². The molecule has 0 aliphatic carbocycles. The minimum absolute atomic E-state index is 0.777. The van der Waals surface area contributed by atoms with Crippen molar-refractivity contribution in [3.8, 4) is 0 Å². The lowest BCUT2D eigenvalue weighted by Crippen LogP contribution is -2.35. The number of hydrogen-bond acceptors (Lipinski definition) is 3. The molecule has 1 rings (SSSR count). The first-order chi connectivity index (χ1) is 6.27. The molecule has 0 aromatic rings. The average Bonchev–Trinajstić information content (AvgIpc) is 2.66. The normalized spacial score (nSPS) is 25.4. The van der Waals surface area contributed by atoms with E-state index in [0.29, 0.717) is 0 Å². The molecule has 78 valence electrons. The first-order valence-corrected chi connectivity index (χ1v) is 6.95. The molecule has 0 N–H and O–H groups in total. The maximum atomic E-state index is 4.38. The SMILES string of the molecule is CCC(CS)CN(C)C1CCSC1. The van der Waals surface area contributed by atoms with Gasteiger partial charge in [-0.15, -0.1) is 0 Å². The third-order valence-corrected chi connectivity index (χ3v) is 4.57. The Morgan fingerprint density at radius 1 is 1.62 bits per heavy atom. The van der Waals surface area contributed by atoms with Gasteiger partial charge in [-0.1, -0.05) is 13.3 Å². The van der Waals surface area contributed by atoms with Crippen molar-refractivity contribution in [2.45, 2.75) is 25.8 Å². The van der Waals surface area contributed by atoms with E-state index >= 15 is 0 Å². The lowest BCUT2D eigenvalue weighted by molar-refractivity contribution is 0.228. The van der Waals surface area contributed by atoms with Gasteiger partial charge in [-0.2, -0.15) is 24.4 Å². The smallest absolute Gasteiger partial charge is 0.0191 e. The van der Waals surface area contributed by atoms with Crippen molar-refractivity contribution in [2.75, 3.05) is 30.9 Å². The maximum absolute atomic E-state index is 4.38. The minimum atomic E-state index is 0.777. The molecule has 0 saturated carbocycles. The van der Waals surface area contributed by atoms with Gasteiger partial charge >= 0.3 is 0 Å². The molecule has 0 radical (unpaired) electrons. The van der Waals surface area contributed by atoms with Gasteiger partial charge in [0, 0.05) is 18.3 Å². The highest BCUT2D eigenvalue weighted by molar-refractivity contribution is 7.99. The molecule has 0 aromatic carbocycles. The van der Waals surface area contributed by atoms with Crippen LogP contribution in [0.4, 0.5) is 0 Å². The fourth-order valence-corrected chi connectivity index (χ4v) is 3.41. The van der Waals surface area contributed by atoms with Gasteiger partial charge in [-0.05, 0) is 30.9 Å². The number of nitrogens with zero attached hydrogens (tertiary/aromatic N) is 1. The minimum Gasteiger partial charge on any atom is -0.302 e. The Hall–Kier alpha value is 0.660. The van der Waals surface area contributed by atoms with E-state index in [4.69, 9.17) is 0 Å². The van der Waals surface area contributed by atoms with Gasteiger partial charge < -0.3 is 4.90 Å². The van der Waals surface area contributed by atoms with Crippen molar-refractivity contribution in [3.63, 3.8) is 0 Å². The van der Waals surface area contributed by atoms with Crippen molar-refractivity contribution in [1.29, 1.82) is 0 Å². The second-order valence-electron chi connectivity index (χ2n) is 3.91. The molecule has 1 saturated heterocycles. The van der Waals surface area contributed by atoms with Crippen LogP contribution in [-0.2, 0) is 0 Å². The van der Waals surface area contributed by atoms with Crippen LogP contribution in [0.2, 0.25) is 0 Å². The van der Waals surface area contributed by atoms with Crippen LogP contribution in [-0.4, -0.2) is 41.8 Å². The van der Waals surface area contributed by atoms with Crippen molar-refractivity contribution in [2.24, 2.45) is 5.92 Å². The Bertz CT molecular complexity index is 131. The fraction of sp³-hybridized carbons (Fsp3) is 1.00. The van der Waals surface area contributed by atoms with Crippen molar-refractivity contribution in [1.82, 2.24) is 4.90 Å². The number of hydrogen-bond donors (Lipinski definition) is 1. The summed E-state index contributed by atoms with van der Waals surface area (Å²) in [5, 5.41) is 0. The zero-order valence-corrected chi connectivity index (χ0v) is 10.4. The molecule has 2 atom stereocenters. The summed E-state index contributed by atoms with van der Waals surface area (Å²) < 4.78 is 0. The molecule has 1 fully saturated rings. The zero-order chi connectivity index (χ0) is 9.68. The Labute approximate surface area is 92.1 Å². The molecule has 2 unspecified atom stereocenters. The van der Waals surface area contributed by atoms with Crippen LogP contribution in [0.15, 0.2) is 0 Å². The molecule has 1 aliphatic rings. The van der Waals surface area contributed by atoms with E-state index in [1.165, 1.54) is 30.9 Å². The molecule has 0 spiro atoms. The molecule has 0 amide bonds. The van der Waals surface area contributed by atoms with Gasteiger partial charge in [0.25, 0.3) is 0 Å². The average molecular weight is 219 g/mol. The number of thiol groups is 1. The summed E-state index contributed by atoms with van der Waals surface area (Å²) >= 11 is 6.47. The van der Waals surface area contributed by atoms with Crippen LogP contribution >= 0.6 is 24.4 Å². The van der Waals surface area contributed by atoms with E-state index in [1.807, 2.05) is 0 Å². The molecule has 1 aliphatic heterocycles. The van der Waals surface area contributed by atoms with Gasteiger partial charge in [0.15, 0.2) is 0 Å². The van der Waals surface area contributed by atoms with Crippen LogP contribution in [0.3, 0.4) is 0 Å². The Balaban J connectivity index is 2.25. The summed E-state index contributed by atoms with van der Waals surface area (Å²) in [5.74, 6) is 4.49. The molecule has 1 heterocycles. The van der Waals surface area contributed by atoms with Gasteiger partial charge in [0.1, 0.15) is 0 Å². The van der Waals surface area contributed by atoms with E-state index in [-0.39, 0.29) is 0 Å². The third-order valence-electron chi connectivity index (χ3n) is 2.91. The summed E-state index contributed by atoms with van der Waals surface area (Å²) in [5.41, 5.74) is 0. The van der Waals surface area contributed by atoms with E-state index in [1.54, 1.807) is 0 Å². The summed E-state index contributed by atoms with van der Waals surface area (Å²) in [6.45, 7) is 3.49. The molecule has 0 aromatic heterocycles. The molecule has 13 heavy (non-hydrogen) atoms. The Morgan fingerprint density at radius 2 is 2.38 bits per heavy atom. The van der Waals surface area contributed by atoms with Crippen molar-refractivity contribution >= 4 is 24.4 Å². The predicted octanol–water partition coefficient (Wildman–Crippen LogP) is 2.38. The zero-order valence-electron chi connectivity index (χ0n) is 8.70.